The fourth-order valence-electron chi connectivity index (χ4n) is 3.34. The van der Waals surface area contributed by atoms with Crippen LogP contribution in [0.25, 0.3) is 0 Å². The van der Waals surface area contributed by atoms with Gasteiger partial charge in [-0.05, 0) is 54.0 Å². The van der Waals surface area contributed by atoms with Crippen molar-refractivity contribution in [3.05, 3.63) is 46.2 Å². The summed E-state index contributed by atoms with van der Waals surface area (Å²) < 4.78 is 0. The minimum atomic E-state index is -0.418. The Morgan fingerprint density at radius 3 is 2.45 bits per heavy atom. The van der Waals surface area contributed by atoms with Crippen LogP contribution < -0.4 is 10.2 Å². The van der Waals surface area contributed by atoms with E-state index in [-0.39, 0.29) is 11.8 Å². The Kier molecular flexibility index (Phi) is 6.32. The third-order valence-electron chi connectivity index (χ3n) is 5.03. The number of thiophene rings is 1. The molecule has 5 nitrogen and oxygen atoms in total. The molecule has 1 heterocycles. The van der Waals surface area contributed by atoms with Gasteiger partial charge >= 0.3 is 0 Å². The molecule has 0 radical (unpaired) electrons. The quantitative estimate of drug-likeness (QED) is 0.706. The Morgan fingerprint density at radius 2 is 1.90 bits per heavy atom. The second-order valence-corrected chi connectivity index (χ2v) is 10.00. The van der Waals surface area contributed by atoms with Gasteiger partial charge in [0.05, 0.1) is 4.88 Å². The predicted octanol–water partition coefficient (Wildman–Crippen LogP) is 4.85. The fraction of sp³-hybridized carbons (Fsp3) is 0.478. The number of benzene rings is 1. The molecule has 0 aliphatic heterocycles. The highest BCUT2D eigenvalue weighted by Crippen LogP contribution is 2.33. The second-order valence-electron chi connectivity index (χ2n) is 9.05. The SMILES string of the molecule is CN(C)c1ccc(NC(=O)c2cccs2)cc1CN(CC1CC1)C(=O)C(C)(C)C. The van der Waals surface area contributed by atoms with E-state index in [0.717, 1.165) is 23.5 Å². The summed E-state index contributed by atoms with van der Waals surface area (Å²) in [4.78, 5) is 30.2. The largest absolute Gasteiger partial charge is 0.377 e. The van der Waals surface area contributed by atoms with Gasteiger partial charge in [-0.3, -0.25) is 9.59 Å². The summed E-state index contributed by atoms with van der Waals surface area (Å²) in [5.74, 6) is 0.678. The van der Waals surface area contributed by atoms with Crippen LogP contribution in [0.5, 0.6) is 0 Å². The molecule has 1 fully saturated rings. The molecule has 0 atom stereocenters. The van der Waals surface area contributed by atoms with Crippen molar-refractivity contribution in [3.63, 3.8) is 0 Å². The van der Waals surface area contributed by atoms with Crippen molar-refractivity contribution in [2.45, 2.75) is 40.2 Å². The maximum atomic E-state index is 13.1. The molecule has 156 valence electrons. The van der Waals surface area contributed by atoms with Crippen LogP contribution in [0.15, 0.2) is 35.7 Å². The molecule has 2 amide bonds. The highest BCUT2D eigenvalue weighted by Gasteiger charge is 2.32. The minimum absolute atomic E-state index is 0.107. The van der Waals surface area contributed by atoms with Gasteiger partial charge < -0.3 is 15.1 Å². The third kappa shape index (κ3) is 5.60. The first-order valence-corrected chi connectivity index (χ1v) is 11.0. The van der Waals surface area contributed by atoms with E-state index in [9.17, 15) is 9.59 Å². The van der Waals surface area contributed by atoms with Crippen molar-refractivity contribution >= 4 is 34.5 Å². The van der Waals surface area contributed by atoms with E-state index < -0.39 is 5.41 Å². The normalized spacial score (nSPS) is 13.8. The van der Waals surface area contributed by atoms with Crippen molar-refractivity contribution in [1.82, 2.24) is 4.90 Å². The van der Waals surface area contributed by atoms with Gasteiger partial charge in [0.1, 0.15) is 0 Å². The van der Waals surface area contributed by atoms with Crippen LogP contribution in [0, 0.1) is 11.3 Å². The van der Waals surface area contributed by atoms with Crippen molar-refractivity contribution in [3.8, 4) is 0 Å². The Morgan fingerprint density at radius 1 is 1.17 bits per heavy atom. The third-order valence-corrected chi connectivity index (χ3v) is 5.90. The number of carbonyl (C=O) groups excluding carboxylic acids is 2. The van der Waals surface area contributed by atoms with Gasteiger partial charge in [0, 0.05) is 44.0 Å². The molecule has 3 rings (SSSR count). The number of hydrogen-bond donors (Lipinski definition) is 1. The molecule has 1 N–H and O–H groups in total. The lowest BCUT2D eigenvalue weighted by Crippen LogP contribution is -2.40. The average molecular weight is 414 g/mol. The lowest BCUT2D eigenvalue weighted by atomic mass is 9.94. The predicted molar refractivity (Wildman–Crippen MR) is 121 cm³/mol. The maximum absolute atomic E-state index is 13.1. The van der Waals surface area contributed by atoms with Crippen LogP contribution in [0.1, 0.15) is 48.8 Å². The Hall–Kier alpha value is -2.34. The van der Waals surface area contributed by atoms with Gasteiger partial charge in [-0.1, -0.05) is 26.8 Å². The number of anilines is 2. The molecule has 1 aliphatic rings. The van der Waals surface area contributed by atoms with E-state index >= 15 is 0 Å². The van der Waals surface area contributed by atoms with Crippen molar-refractivity contribution in [1.29, 1.82) is 0 Å². The van der Waals surface area contributed by atoms with Gasteiger partial charge in [-0.15, -0.1) is 11.3 Å². The van der Waals surface area contributed by atoms with E-state index in [1.54, 1.807) is 0 Å². The zero-order chi connectivity index (χ0) is 21.2. The van der Waals surface area contributed by atoms with Crippen molar-refractivity contribution in [2.75, 3.05) is 30.9 Å². The lowest BCUT2D eigenvalue weighted by Gasteiger charge is -2.31. The highest BCUT2D eigenvalue weighted by atomic mass is 32.1. The first-order chi connectivity index (χ1) is 13.6. The van der Waals surface area contributed by atoms with Crippen molar-refractivity contribution in [2.24, 2.45) is 11.3 Å². The molecule has 1 aliphatic carbocycles. The molecule has 0 unspecified atom stereocenters. The van der Waals surface area contributed by atoms with Gasteiger partial charge in [0.2, 0.25) is 5.91 Å². The fourth-order valence-corrected chi connectivity index (χ4v) is 3.96. The van der Waals surface area contributed by atoms with Gasteiger partial charge in [-0.25, -0.2) is 0 Å². The summed E-state index contributed by atoms with van der Waals surface area (Å²) >= 11 is 1.42. The summed E-state index contributed by atoms with van der Waals surface area (Å²) in [6, 6.07) is 9.61. The van der Waals surface area contributed by atoms with E-state index in [1.165, 1.54) is 24.2 Å². The summed E-state index contributed by atoms with van der Waals surface area (Å²) in [6.45, 7) is 7.26. The van der Waals surface area contributed by atoms with Crippen LogP contribution in [-0.2, 0) is 11.3 Å². The lowest BCUT2D eigenvalue weighted by molar-refractivity contribution is -0.140. The average Bonchev–Trinajstić information content (AvgIpc) is 3.28. The number of hydrogen-bond acceptors (Lipinski definition) is 4. The zero-order valence-electron chi connectivity index (χ0n) is 18.0. The summed E-state index contributed by atoms with van der Waals surface area (Å²) in [6.07, 6.45) is 2.40. The van der Waals surface area contributed by atoms with Gasteiger partial charge in [0.15, 0.2) is 0 Å². The van der Waals surface area contributed by atoms with Crippen LogP contribution in [-0.4, -0.2) is 37.4 Å². The van der Waals surface area contributed by atoms with Crippen LogP contribution in [0.3, 0.4) is 0 Å². The molecular weight excluding hydrogens is 382 g/mol. The molecular formula is C23H31N3O2S. The number of nitrogens with one attached hydrogen (secondary N) is 1. The second kappa shape index (κ2) is 8.57. The monoisotopic (exact) mass is 413 g/mol. The molecule has 0 spiro atoms. The topological polar surface area (TPSA) is 52.7 Å². The van der Waals surface area contributed by atoms with E-state index in [2.05, 4.69) is 10.2 Å². The van der Waals surface area contributed by atoms with Crippen LogP contribution in [0.4, 0.5) is 11.4 Å². The zero-order valence-corrected chi connectivity index (χ0v) is 18.8. The standard InChI is InChI=1S/C23H31N3O2S/c1-23(2,3)22(28)26(14-16-8-9-16)15-17-13-18(10-11-19(17)25(4)5)24-21(27)20-7-6-12-29-20/h6-7,10-13,16H,8-9,14-15H2,1-5H3,(H,24,27). The molecule has 0 saturated heterocycles. The maximum Gasteiger partial charge on any atom is 0.265 e. The van der Waals surface area contributed by atoms with E-state index in [4.69, 9.17) is 0 Å². The first-order valence-electron chi connectivity index (χ1n) is 10.1. The molecule has 1 saturated carbocycles. The Bertz CT molecular complexity index is 865. The Balaban J connectivity index is 1.86. The smallest absolute Gasteiger partial charge is 0.265 e. The first kappa shape index (κ1) is 21.4. The van der Waals surface area contributed by atoms with Gasteiger partial charge in [0.25, 0.3) is 5.91 Å². The summed E-state index contributed by atoms with van der Waals surface area (Å²) in [5.41, 5.74) is 2.43. The summed E-state index contributed by atoms with van der Waals surface area (Å²) in [5, 5.41) is 4.88. The number of carbonyl (C=O) groups is 2. The van der Waals surface area contributed by atoms with Crippen molar-refractivity contribution < 1.29 is 9.59 Å². The summed E-state index contributed by atoms with van der Waals surface area (Å²) in [7, 11) is 4.00. The highest BCUT2D eigenvalue weighted by molar-refractivity contribution is 7.12. The number of amides is 2. The minimum Gasteiger partial charge on any atom is -0.377 e. The van der Waals surface area contributed by atoms with Crippen LogP contribution >= 0.6 is 11.3 Å². The molecule has 6 heteroatoms. The van der Waals surface area contributed by atoms with Gasteiger partial charge in [-0.2, -0.15) is 0 Å². The van der Waals surface area contributed by atoms with Crippen LogP contribution in [0.2, 0.25) is 0 Å². The molecule has 1 aromatic heterocycles. The molecule has 1 aromatic carbocycles. The van der Waals surface area contributed by atoms with E-state index in [0.29, 0.717) is 17.3 Å². The molecule has 2 aromatic rings. The number of nitrogens with zero attached hydrogens (tertiary/aromatic N) is 2. The number of rotatable bonds is 7. The Labute approximate surface area is 177 Å². The molecule has 0 bridgehead atoms. The molecule has 29 heavy (non-hydrogen) atoms. The van der Waals surface area contributed by atoms with E-state index in [1.807, 2.05) is 75.5 Å².